The van der Waals surface area contributed by atoms with Crippen LogP contribution in [0.25, 0.3) is 0 Å². The highest BCUT2D eigenvalue weighted by Crippen LogP contribution is 2.22. The number of hydrogen-bond acceptors (Lipinski definition) is 1. The van der Waals surface area contributed by atoms with Gasteiger partial charge in [0.25, 0.3) is 0 Å². The highest BCUT2D eigenvalue weighted by Gasteiger charge is 2.16. The second-order valence-electron chi connectivity index (χ2n) is 4.05. The molecule has 0 heterocycles. The number of benzene rings is 2. The van der Waals surface area contributed by atoms with Gasteiger partial charge in [-0.1, -0.05) is 30.3 Å². The molecule has 0 amide bonds. The summed E-state index contributed by atoms with van der Waals surface area (Å²) in [6.07, 6.45) is 0.118. The molecule has 1 nitrogen and oxygen atoms in total. The van der Waals surface area contributed by atoms with E-state index in [4.69, 9.17) is 5.73 Å². The summed E-state index contributed by atoms with van der Waals surface area (Å²) in [5, 5.41) is 0. The third kappa shape index (κ3) is 2.54. The summed E-state index contributed by atoms with van der Waals surface area (Å²) in [6.45, 7) is 0. The third-order valence-corrected chi connectivity index (χ3v) is 2.78. The van der Waals surface area contributed by atoms with Crippen LogP contribution in [-0.2, 0) is 6.42 Å². The first-order valence-electron chi connectivity index (χ1n) is 5.52. The van der Waals surface area contributed by atoms with E-state index >= 15 is 0 Å². The van der Waals surface area contributed by atoms with Gasteiger partial charge in [0.05, 0.1) is 0 Å². The molecule has 0 saturated heterocycles. The maximum absolute atomic E-state index is 13.5. The minimum atomic E-state index is -0.971. The molecule has 2 aromatic rings. The molecule has 1 atom stereocenters. The number of nitrogens with two attached hydrogens (primary N) is 1. The quantitative estimate of drug-likeness (QED) is 0.889. The highest BCUT2D eigenvalue weighted by molar-refractivity contribution is 5.26. The van der Waals surface area contributed by atoms with E-state index in [1.165, 1.54) is 18.2 Å². The minimum Gasteiger partial charge on any atom is -0.324 e. The molecule has 0 aliphatic heterocycles. The Kier molecular flexibility index (Phi) is 3.67. The van der Waals surface area contributed by atoms with Crippen LogP contribution in [0.15, 0.2) is 42.5 Å². The zero-order chi connectivity index (χ0) is 13.1. The van der Waals surface area contributed by atoms with Gasteiger partial charge in [-0.05, 0) is 24.1 Å². The molecular formula is C14H12F3N. The Morgan fingerprint density at radius 2 is 1.56 bits per heavy atom. The molecule has 2 aromatic carbocycles. The predicted molar refractivity (Wildman–Crippen MR) is 63.4 cm³/mol. The average Bonchev–Trinajstić information content (AvgIpc) is 2.35. The first-order chi connectivity index (χ1) is 8.59. The van der Waals surface area contributed by atoms with E-state index in [-0.39, 0.29) is 12.0 Å². The predicted octanol–water partition coefficient (Wildman–Crippen LogP) is 3.35. The summed E-state index contributed by atoms with van der Waals surface area (Å²) in [5.74, 6) is -2.32. The van der Waals surface area contributed by atoms with Crippen LogP contribution in [0, 0.1) is 17.5 Å². The molecule has 0 spiro atoms. The zero-order valence-corrected chi connectivity index (χ0v) is 9.54. The van der Waals surface area contributed by atoms with E-state index in [1.54, 1.807) is 18.2 Å². The average molecular weight is 251 g/mol. The summed E-state index contributed by atoms with van der Waals surface area (Å²) in [5.41, 5.74) is 6.23. The van der Waals surface area contributed by atoms with Crippen molar-refractivity contribution in [1.82, 2.24) is 0 Å². The molecule has 18 heavy (non-hydrogen) atoms. The van der Waals surface area contributed by atoms with Crippen LogP contribution in [0.1, 0.15) is 17.2 Å². The Bertz CT molecular complexity index is 554. The summed E-state index contributed by atoms with van der Waals surface area (Å²) in [7, 11) is 0. The van der Waals surface area contributed by atoms with Crippen LogP contribution in [0.3, 0.4) is 0 Å². The van der Waals surface area contributed by atoms with Crippen LogP contribution in [0.5, 0.6) is 0 Å². The van der Waals surface area contributed by atoms with Crippen molar-refractivity contribution < 1.29 is 13.2 Å². The van der Waals surface area contributed by atoms with Gasteiger partial charge < -0.3 is 5.73 Å². The van der Waals surface area contributed by atoms with Crippen LogP contribution in [0.2, 0.25) is 0 Å². The molecular weight excluding hydrogens is 239 g/mol. The fourth-order valence-corrected chi connectivity index (χ4v) is 1.82. The number of halogens is 3. The number of rotatable bonds is 3. The number of hydrogen-bond donors (Lipinski definition) is 1. The van der Waals surface area contributed by atoms with E-state index in [9.17, 15) is 13.2 Å². The van der Waals surface area contributed by atoms with E-state index in [1.807, 2.05) is 0 Å². The van der Waals surface area contributed by atoms with Crippen molar-refractivity contribution >= 4 is 0 Å². The first kappa shape index (κ1) is 12.6. The van der Waals surface area contributed by atoms with E-state index in [0.717, 1.165) is 6.07 Å². The van der Waals surface area contributed by atoms with Gasteiger partial charge in [-0.15, -0.1) is 0 Å². The fraction of sp³-hybridized carbons (Fsp3) is 0.143. The monoisotopic (exact) mass is 251 g/mol. The first-order valence-corrected chi connectivity index (χ1v) is 5.52. The van der Waals surface area contributed by atoms with Crippen molar-refractivity contribution in [2.45, 2.75) is 12.5 Å². The summed E-state index contributed by atoms with van der Waals surface area (Å²) in [6, 6.07) is 9.15. The smallest absolute Gasteiger partial charge is 0.163 e. The Balaban J connectivity index is 2.25. The lowest BCUT2D eigenvalue weighted by Gasteiger charge is -2.13. The van der Waals surface area contributed by atoms with Gasteiger partial charge in [0, 0.05) is 11.6 Å². The standard InChI is InChI=1S/C14H12F3N/c15-11-6-2-1-4-9(11)8-13(18)10-5-3-7-12(16)14(10)17/h1-7,13H,8,18H2. The van der Waals surface area contributed by atoms with Gasteiger partial charge in [0.2, 0.25) is 0 Å². The Morgan fingerprint density at radius 3 is 2.28 bits per heavy atom. The Morgan fingerprint density at radius 1 is 0.889 bits per heavy atom. The van der Waals surface area contributed by atoms with Gasteiger partial charge in [-0.3, -0.25) is 0 Å². The molecule has 0 aromatic heterocycles. The van der Waals surface area contributed by atoms with Crippen molar-refractivity contribution in [3.8, 4) is 0 Å². The largest absolute Gasteiger partial charge is 0.324 e. The SMILES string of the molecule is NC(Cc1ccccc1F)c1cccc(F)c1F. The van der Waals surface area contributed by atoms with Crippen LogP contribution in [0.4, 0.5) is 13.2 Å². The van der Waals surface area contributed by atoms with Crippen LogP contribution >= 0.6 is 0 Å². The van der Waals surface area contributed by atoms with Gasteiger partial charge in [-0.25, -0.2) is 13.2 Å². The second kappa shape index (κ2) is 5.23. The molecule has 0 saturated carbocycles. The summed E-state index contributed by atoms with van der Waals surface area (Å²) < 4.78 is 40.0. The van der Waals surface area contributed by atoms with Crippen molar-refractivity contribution in [3.63, 3.8) is 0 Å². The van der Waals surface area contributed by atoms with Crippen molar-refractivity contribution in [2.75, 3.05) is 0 Å². The second-order valence-corrected chi connectivity index (χ2v) is 4.05. The zero-order valence-electron chi connectivity index (χ0n) is 9.54. The fourth-order valence-electron chi connectivity index (χ4n) is 1.82. The Hall–Kier alpha value is -1.81. The maximum Gasteiger partial charge on any atom is 0.163 e. The Labute approximate surface area is 103 Å². The molecule has 2 rings (SSSR count). The van der Waals surface area contributed by atoms with Crippen molar-refractivity contribution in [1.29, 1.82) is 0 Å². The van der Waals surface area contributed by atoms with Gasteiger partial charge in [-0.2, -0.15) is 0 Å². The normalized spacial score (nSPS) is 12.4. The lowest BCUT2D eigenvalue weighted by molar-refractivity contribution is 0.486. The molecule has 0 aliphatic rings. The van der Waals surface area contributed by atoms with E-state index < -0.39 is 23.5 Å². The van der Waals surface area contributed by atoms with E-state index in [0.29, 0.717) is 5.56 Å². The molecule has 0 aliphatic carbocycles. The van der Waals surface area contributed by atoms with Crippen molar-refractivity contribution in [3.05, 3.63) is 71.0 Å². The van der Waals surface area contributed by atoms with E-state index in [2.05, 4.69) is 0 Å². The molecule has 94 valence electrons. The third-order valence-electron chi connectivity index (χ3n) is 2.78. The summed E-state index contributed by atoms with van der Waals surface area (Å²) >= 11 is 0. The van der Waals surface area contributed by atoms with Gasteiger partial charge in [0.15, 0.2) is 11.6 Å². The van der Waals surface area contributed by atoms with Gasteiger partial charge in [0.1, 0.15) is 5.82 Å². The van der Waals surface area contributed by atoms with Crippen LogP contribution in [-0.4, -0.2) is 0 Å². The lowest BCUT2D eigenvalue weighted by atomic mass is 9.99. The van der Waals surface area contributed by atoms with Crippen molar-refractivity contribution in [2.24, 2.45) is 5.73 Å². The molecule has 2 N–H and O–H groups in total. The summed E-state index contributed by atoms with van der Waals surface area (Å²) in [4.78, 5) is 0. The molecule has 0 bridgehead atoms. The highest BCUT2D eigenvalue weighted by atomic mass is 19.2. The van der Waals surface area contributed by atoms with Gasteiger partial charge >= 0.3 is 0 Å². The molecule has 0 fully saturated rings. The maximum atomic E-state index is 13.5. The molecule has 0 radical (unpaired) electrons. The van der Waals surface area contributed by atoms with Crippen LogP contribution < -0.4 is 5.73 Å². The molecule has 1 unspecified atom stereocenters. The lowest BCUT2D eigenvalue weighted by Crippen LogP contribution is -2.16. The minimum absolute atomic E-state index is 0.0539. The topological polar surface area (TPSA) is 26.0 Å². The molecule has 4 heteroatoms.